The van der Waals surface area contributed by atoms with Gasteiger partial charge >= 0.3 is 0 Å². The number of ether oxygens (including phenoxy) is 1. The minimum Gasteiger partial charge on any atom is -0.389 e. The Bertz CT molecular complexity index is 1250. The van der Waals surface area contributed by atoms with Crippen LogP contribution in [0.3, 0.4) is 0 Å². The van der Waals surface area contributed by atoms with Crippen molar-refractivity contribution >= 4 is 16.7 Å². The normalized spacial score (nSPS) is 18.8. The highest BCUT2D eigenvalue weighted by atomic mass is 19.1. The lowest BCUT2D eigenvalue weighted by Crippen LogP contribution is -2.39. The summed E-state index contributed by atoms with van der Waals surface area (Å²) in [7, 11) is 0. The third-order valence-corrected chi connectivity index (χ3v) is 6.45. The van der Waals surface area contributed by atoms with Crippen molar-refractivity contribution in [3.63, 3.8) is 0 Å². The quantitative estimate of drug-likeness (QED) is 0.615. The Morgan fingerprint density at radius 1 is 1.28 bits per heavy atom. The van der Waals surface area contributed by atoms with E-state index in [1.54, 1.807) is 13.0 Å². The predicted octanol–water partition coefficient (Wildman–Crippen LogP) is 3.66. The summed E-state index contributed by atoms with van der Waals surface area (Å²) in [5, 5.41) is 10.8. The second-order valence-corrected chi connectivity index (χ2v) is 8.40. The number of carbonyl (C=O) groups excluding carboxylic acids is 1. The number of fused-ring (bicyclic) bond motifs is 1. The molecule has 168 valence electrons. The largest absolute Gasteiger partial charge is 0.389 e. The monoisotopic (exact) mass is 438 g/mol. The van der Waals surface area contributed by atoms with Crippen molar-refractivity contribution in [1.82, 2.24) is 9.55 Å². The first kappa shape index (κ1) is 22.3. The molecule has 1 aliphatic rings. The molecule has 4 rings (SSSR count). The van der Waals surface area contributed by atoms with E-state index < -0.39 is 11.9 Å². The number of benzene rings is 2. The molecule has 0 bridgehead atoms. The van der Waals surface area contributed by atoms with Crippen LogP contribution in [0.2, 0.25) is 0 Å². The second-order valence-electron chi connectivity index (χ2n) is 8.40. The van der Waals surface area contributed by atoms with Crippen LogP contribution in [-0.2, 0) is 11.2 Å². The van der Waals surface area contributed by atoms with Gasteiger partial charge in [0.1, 0.15) is 5.82 Å². The van der Waals surface area contributed by atoms with Crippen LogP contribution in [0.25, 0.3) is 10.9 Å². The first-order valence-electron chi connectivity index (χ1n) is 10.9. The molecule has 3 aromatic rings. The van der Waals surface area contributed by atoms with Gasteiger partial charge in [0.15, 0.2) is 5.78 Å². The second kappa shape index (κ2) is 8.92. The van der Waals surface area contributed by atoms with Crippen molar-refractivity contribution in [3.05, 3.63) is 74.6 Å². The molecular formula is C25H27FN2O4. The average Bonchev–Trinajstić information content (AvgIpc) is 2.78. The van der Waals surface area contributed by atoms with Crippen LogP contribution in [0.4, 0.5) is 4.39 Å². The van der Waals surface area contributed by atoms with Crippen molar-refractivity contribution in [1.29, 1.82) is 0 Å². The van der Waals surface area contributed by atoms with Crippen LogP contribution >= 0.6 is 0 Å². The highest BCUT2D eigenvalue weighted by Crippen LogP contribution is 2.26. The van der Waals surface area contributed by atoms with Gasteiger partial charge in [-0.1, -0.05) is 13.0 Å². The summed E-state index contributed by atoms with van der Waals surface area (Å²) in [6, 6.07) is 6.11. The van der Waals surface area contributed by atoms with E-state index in [0.717, 1.165) is 22.3 Å². The third-order valence-electron chi connectivity index (χ3n) is 6.45. The van der Waals surface area contributed by atoms with Gasteiger partial charge in [0.2, 0.25) is 0 Å². The SMILES string of the molecule is CCC(=O)c1ccc(Cc2cc3c(=O)n([C@@H]4CCOC[C@H]4O)cnc3c(C)c2C)cc1F. The lowest BCUT2D eigenvalue weighted by atomic mass is 9.94. The number of aliphatic hydroxyl groups is 1. The summed E-state index contributed by atoms with van der Waals surface area (Å²) in [4.78, 5) is 29.7. The molecule has 0 spiro atoms. The molecule has 7 heteroatoms. The van der Waals surface area contributed by atoms with Gasteiger partial charge in [-0.2, -0.15) is 0 Å². The van der Waals surface area contributed by atoms with E-state index in [1.165, 1.54) is 23.0 Å². The molecular weight excluding hydrogens is 411 g/mol. The van der Waals surface area contributed by atoms with Crippen molar-refractivity contribution in [3.8, 4) is 0 Å². The Labute approximate surface area is 185 Å². The van der Waals surface area contributed by atoms with Gasteiger partial charge < -0.3 is 9.84 Å². The smallest absolute Gasteiger partial charge is 0.261 e. The summed E-state index contributed by atoms with van der Waals surface area (Å²) >= 11 is 0. The standard InChI is InChI=1S/C25H27FN2O4/c1-4-22(29)18-6-5-16(10-20(18)26)9-17-11-19-24(15(3)14(17)2)27-13-28(25(19)31)21-7-8-32-12-23(21)30/h5-6,10-11,13,21,23,30H,4,7-9,12H2,1-3H3/t21-,23-/m1/s1. The van der Waals surface area contributed by atoms with E-state index in [9.17, 15) is 19.1 Å². The summed E-state index contributed by atoms with van der Waals surface area (Å²) < 4.78 is 21.2. The zero-order chi connectivity index (χ0) is 23.0. The number of halogens is 1. The highest BCUT2D eigenvalue weighted by molar-refractivity contribution is 5.96. The van der Waals surface area contributed by atoms with Crippen molar-refractivity contribution in [2.75, 3.05) is 13.2 Å². The Hall–Kier alpha value is -2.90. The van der Waals surface area contributed by atoms with Crippen LogP contribution in [0.5, 0.6) is 0 Å². The molecule has 0 radical (unpaired) electrons. The number of hydrogen-bond acceptors (Lipinski definition) is 5. The Morgan fingerprint density at radius 3 is 2.75 bits per heavy atom. The van der Waals surface area contributed by atoms with Crippen molar-refractivity contribution in [2.24, 2.45) is 0 Å². The number of rotatable bonds is 5. The van der Waals surface area contributed by atoms with Gasteiger partial charge in [0.05, 0.1) is 41.5 Å². The summed E-state index contributed by atoms with van der Waals surface area (Å²) in [6.07, 6.45) is 1.96. The van der Waals surface area contributed by atoms with Crippen molar-refractivity contribution in [2.45, 2.75) is 52.2 Å². The first-order valence-corrected chi connectivity index (χ1v) is 10.9. The fraction of sp³-hybridized carbons (Fsp3) is 0.400. The molecule has 1 aliphatic heterocycles. The molecule has 2 atom stereocenters. The van der Waals surface area contributed by atoms with Crippen LogP contribution in [0.1, 0.15) is 58.4 Å². The Balaban J connectivity index is 1.76. The molecule has 1 N–H and O–H groups in total. The molecule has 6 nitrogen and oxygen atoms in total. The zero-order valence-corrected chi connectivity index (χ0v) is 18.5. The fourth-order valence-corrected chi connectivity index (χ4v) is 4.37. The molecule has 1 fully saturated rings. The topological polar surface area (TPSA) is 81.4 Å². The van der Waals surface area contributed by atoms with Gasteiger partial charge in [0.25, 0.3) is 5.56 Å². The fourth-order valence-electron chi connectivity index (χ4n) is 4.37. The molecule has 1 saturated heterocycles. The molecule has 2 heterocycles. The molecule has 0 unspecified atom stereocenters. The number of aromatic nitrogens is 2. The van der Waals surface area contributed by atoms with Gasteiger partial charge in [0, 0.05) is 13.0 Å². The molecule has 0 aliphatic carbocycles. The van der Waals surface area contributed by atoms with Crippen LogP contribution in [-0.4, -0.2) is 39.8 Å². The van der Waals surface area contributed by atoms with E-state index >= 15 is 0 Å². The predicted molar refractivity (Wildman–Crippen MR) is 120 cm³/mol. The maximum absolute atomic E-state index is 14.5. The summed E-state index contributed by atoms with van der Waals surface area (Å²) in [6.45, 7) is 6.26. The number of nitrogens with zero attached hydrogens (tertiary/aromatic N) is 2. The number of Topliss-reactive ketones (excluding diaryl/α,β-unsaturated/α-hetero) is 1. The van der Waals surface area contributed by atoms with Crippen LogP contribution in [0.15, 0.2) is 35.4 Å². The van der Waals surface area contributed by atoms with Gasteiger partial charge in [-0.05, 0) is 67.1 Å². The van der Waals surface area contributed by atoms with Crippen LogP contribution in [0, 0.1) is 19.7 Å². The number of carbonyl (C=O) groups is 1. The first-order chi connectivity index (χ1) is 15.3. The van der Waals surface area contributed by atoms with Gasteiger partial charge in [-0.25, -0.2) is 9.37 Å². The average molecular weight is 438 g/mol. The Kier molecular flexibility index (Phi) is 6.22. The van der Waals surface area contributed by atoms with E-state index in [4.69, 9.17) is 4.74 Å². The van der Waals surface area contributed by atoms with Gasteiger partial charge in [-0.15, -0.1) is 0 Å². The van der Waals surface area contributed by atoms with Crippen molar-refractivity contribution < 1.29 is 19.0 Å². The molecule has 2 aromatic carbocycles. The lowest BCUT2D eigenvalue weighted by Gasteiger charge is -2.29. The maximum Gasteiger partial charge on any atom is 0.261 e. The van der Waals surface area contributed by atoms with E-state index in [1.807, 2.05) is 19.9 Å². The summed E-state index contributed by atoms with van der Waals surface area (Å²) in [5.41, 5.74) is 4.03. The number of hydrogen-bond donors (Lipinski definition) is 1. The van der Waals surface area contributed by atoms with E-state index in [2.05, 4.69) is 4.98 Å². The number of aliphatic hydroxyl groups excluding tert-OH is 1. The van der Waals surface area contributed by atoms with Gasteiger partial charge in [-0.3, -0.25) is 14.2 Å². The summed E-state index contributed by atoms with van der Waals surface area (Å²) in [5.74, 6) is -0.754. The number of aryl methyl sites for hydroxylation is 1. The van der Waals surface area contributed by atoms with Crippen LogP contribution < -0.4 is 5.56 Å². The molecule has 1 aromatic heterocycles. The lowest BCUT2D eigenvalue weighted by molar-refractivity contribution is -0.0395. The molecule has 32 heavy (non-hydrogen) atoms. The Morgan fingerprint density at radius 2 is 2.06 bits per heavy atom. The molecule has 0 amide bonds. The maximum atomic E-state index is 14.5. The zero-order valence-electron chi connectivity index (χ0n) is 18.5. The highest BCUT2D eigenvalue weighted by Gasteiger charge is 2.27. The minimum absolute atomic E-state index is 0.102. The van der Waals surface area contributed by atoms with E-state index in [0.29, 0.717) is 30.4 Å². The number of ketones is 1. The molecule has 0 saturated carbocycles. The van der Waals surface area contributed by atoms with E-state index in [-0.39, 0.29) is 36.0 Å². The third kappa shape index (κ3) is 3.98. The minimum atomic E-state index is -0.765.